The van der Waals surface area contributed by atoms with Gasteiger partial charge in [0.05, 0.1) is 32.4 Å². The van der Waals surface area contributed by atoms with Crippen LogP contribution in [0.1, 0.15) is 5.56 Å². The molecule has 2 N–H and O–H groups in total. The predicted octanol–water partition coefficient (Wildman–Crippen LogP) is 1.27. The second-order valence-electron chi connectivity index (χ2n) is 5.15. The maximum absolute atomic E-state index is 12.5. The van der Waals surface area contributed by atoms with Crippen LogP contribution in [0.25, 0.3) is 0 Å². The maximum Gasteiger partial charge on any atom is 0.337 e. The van der Waals surface area contributed by atoms with E-state index in [9.17, 15) is 9.59 Å². The molecule has 0 fully saturated rings. The van der Waals surface area contributed by atoms with Gasteiger partial charge in [-0.2, -0.15) is 0 Å². The van der Waals surface area contributed by atoms with Crippen LogP contribution >= 0.6 is 15.9 Å². The van der Waals surface area contributed by atoms with E-state index in [1.807, 2.05) is 12.1 Å². The molecule has 0 radical (unpaired) electrons. The molecule has 0 atom stereocenters. The Balaban J connectivity index is 2.38. The fourth-order valence-corrected chi connectivity index (χ4v) is 2.79. The fraction of sp³-hybridized carbons (Fsp3) is 0.375. The average Bonchev–Trinajstić information content (AvgIpc) is 2.87. The number of aliphatic hydroxyl groups is 1. The molecular weight excluding hydrogens is 380 g/mol. The summed E-state index contributed by atoms with van der Waals surface area (Å²) in [6, 6.07) is 5.53. The summed E-state index contributed by atoms with van der Waals surface area (Å²) in [5.74, 6) is -0.928. The van der Waals surface area contributed by atoms with Gasteiger partial charge in [0, 0.05) is 29.4 Å². The zero-order valence-corrected chi connectivity index (χ0v) is 15.1. The van der Waals surface area contributed by atoms with Crippen molar-refractivity contribution >= 4 is 33.5 Å². The van der Waals surface area contributed by atoms with Crippen LogP contribution in [0.3, 0.4) is 0 Å². The molecule has 0 aromatic heterocycles. The third-order valence-corrected chi connectivity index (χ3v) is 4.08. The number of amides is 1. The molecule has 8 heteroatoms. The second-order valence-corrected chi connectivity index (χ2v) is 6.07. The smallest absolute Gasteiger partial charge is 0.337 e. The fourth-order valence-electron chi connectivity index (χ4n) is 2.43. The number of esters is 1. The molecule has 7 nitrogen and oxygen atoms in total. The summed E-state index contributed by atoms with van der Waals surface area (Å²) in [6.07, 6.45) is 0. The van der Waals surface area contributed by atoms with E-state index in [1.54, 1.807) is 13.2 Å². The summed E-state index contributed by atoms with van der Waals surface area (Å²) in [5, 5.41) is 12.1. The van der Waals surface area contributed by atoms with Gasteiger partial charge in [0.2, 0.25) is 0 Å². The standard InChI is InChI=1S/C16H19BrN2O5/c1-23-9-10-3-4-11(17)7-13(10)18-14-12(16(22)24-2)8-19(5-6-20)15(14)21/h3-4,7,18,20H,5-6,8-9H2,1-2H3. The number of rotatable bonds is 7. The summed E-state index contributed by atoms with van der Waals surface area (Å²) < 4.78 is 10.8. The van der Waals surface area contributed by atoms with Gasteiger partial charge in [-0.3, -0.25) is 4.79 Å². The minimum absolute atomic E-state index is 0.0992. The molecule has 130 valence electrons. The van der Waals surface area contributed by atoms with Crippen molar-refractivity contribution in [2.24, 2.45) is 0 Å². The molecule has 1 aromatic rings. The highest BCUT2D eigenvalue weighted by atomic mass is 79.9. The van der Waals surface area contributed by atoms with Crippen molar-refractivity contribution in [3.05, 3.63) is 39.5 Å². The number of carbonyl (C=O) groups excluding carboxylic acids is 2. The molecule has 0 aliphatic carbocycles. The Hall–Kier alpha value is -1.90. The first kappa shape index (κ1) is 18.4. The third kappa shape index (κ3) is 3.95. The van der Waals surface area contributed by atoms with E-state index in [1.165, 1.54) is 12.0 Å². The van der Waals surface area contributed by atoms with Crippen LogP contribution < -0.4 is 5.32 Å². The van der Waals surface area contributed by atoms with Crippen molar-refractivity contribution in [1.29, 1.82) is 0 Å². The molecule has 2 rings (SSSR count). The van der Waals surface area contributed by atoms with Gasteiger partial charge in [-0.05, 0) is 12.1 Å². The van der Waals surface area contributed by atoms with Crippen LogP contribution in [0, 0.1) is 0 Å². The highest BCUT2D eigenvalue weighted by molar-refractivity contribution is 9.10. The number of aliphatic hydroxyl groups excluding tert-OH is 1. The lowest BCUT2D eigenvalue weighted by atomic mass is 10.1. The first-order valence-corrected chi connectivity index (χ1v) is 8.07. The molecule has 1 aliphatic heterocycles. The Kier molecular flexibility index (Phi) is 6.36. The molecule has 0 saturated carbocycles. The van der Waals surface area contributed by atoms with Gasteiger partial charge < -0.3 is 24.8 Å². The lowest BCUT2D eigenvalue weighted by Gasteiger charge is -2.16. The quantitative estimate of drug-likeness (QED) is 0.672. The van der Waals surface area contributed by atoms with Crippen LogP contribution in [-0.2, 0) is 25.7 Å². The van der Waals surface area contributed by atoms with E-state index in [0.717, 1.165) is 10.0 Å². The number of hydrogen-bond donors (Lipinski definition) is 2. The Labute approximate surface area is 148 Å². The van der Waals surface area contributed by atoms with Gasteiger partial charge in [-0.15, -0.1) is 0 Å². The highest BCUT2D eigenvalue weighted by Crippen LogP contribution is 2.27. The van der Waals surface area contributed by atoms with E-state index < -0.39 is 5.97 Å². The zero-order chi connectivity index (χ0) is 17.7. The van der Waals surface area contributed by atoms with Gasteiger partial charge in [0.1, 0.15) is 5.70 Å². The number of hydrogen-bond acceptors (Lipinski definition) is 6. The van der Waals surface area contributed by atoms with E-state index >= 15 is 0 Å². The van der Waals surface area contributed by atoms with Gasteiger partial charge >= 0.3 is 5.97 Å². The van der Waals surface area contributed by atoms with Gasteiger partial charge in [0.25, 0.3) is 5.91 Å². The monoisotopic (exact) mass is 398 g/mol. The summed E-state index contributed by atoms with van der Waals surface area (Å²) in [7, 11) is 2.84. The molecule has 24 heavy (non-hydrogen) atoms. The molecule has 1 aromatic carbocycles. The second kappa shape index (κ2) is 8.27. The van der Waals surface area contributed by atoms with E-state index in [4.69, 9.17) is 14.6 Å². The summed E-state index contributed by atoms with van der Waals surface area (Å²) in [5.41, 5.74) is 1.89. The molecule has 1 amide bonds. The Morgan fingerprint density at radius 1 is 1.42 bits per heavy atom. The number of halogens is 1. The Bertz CT molecular complexity index is 674. The van der Waals surface area contributed by atoms with Crippen molar-refractivity contribution in [3.63, 3.8) is 0 Å². The van der Waals surface area contributed by atoms with Crippen molar-refractivity contribution in [2.75, 3.05) is 39.2 Å². The zero-order valence-electron chi connectivity index (χ0n) is 13.5. The minimum Gasteiger partial charge on any atom is -0.466 e. The van der Waals surface area contributed by atoms with Crippen molar-refractivity contribution in [1.82, 2.24) is 4.90 Å². The number of nitrogens with zero attached hydrogens (tertiary/aromatic N) is 1. The van der Waals surface area contributed by atoms with Crippen LogP contribution in [0.4, 0.5) is 5.69 Å². The molecule has 0 spiro atoms. The van der Waals surface area contributed by atoms with Gasteiger partial charge in [-0.1, -0.05) is 22.0 Å². The Morgan fingerprint density at radius 3 is 2.79 bits per heavy atom. The third-order valence-electron chi connectivity index (χ3n) is 3.58. The predicted molar refractivity (Wildman–Crippen MR) is 91.2 cm³/mol. The topological polar surface area (TPSA) is 88.1 Å². The number of carbonyl (C=O) groups is 2. The number of anilines is 1. The number of nitrogens with one attached hydrogen (secondary N) is 1. The van der Waals surface area contributed by atoms with Crippen molar-refractivity contribution in [2.45, 2.75) is 6.61 Å². The highest BCUT2D eigenvalue weighted by Gasteiger charge is 2.34. The molecule has 1 aliphatic rings. The largest absolute Gasteiger partial charge is 0.466 e. The number of β-amino-alcohol motifs (C(OH)–C–C–N with tert-alkyl or cyclic N) is 1. The van der Waals surface area contributed by atoms with E-state index in [-0.39, 0.29) is 36.9 Å². The number of ether oxygens (including phenoxy) is 2. The lowest BCUT2D eigenvalue weighted by Crippen LogP contribution is -2.31. The molecule has 0 saturated heterocycles. The number of methoxy groups -OCH3 is 2. The SMILES string of the molecule is COCc1ccc(Br)cc1NC1=C(C(=O)OC)CN(CCO)C1=O. The maximum atomic E-state index is 12.5. The Morgan fingerprint density at radius 2 is 2.17 bits per heavy atom. The van der Waals surface area contributed by atoms with Gasteiger partial charge in [-0.25, -0.2) is 4.79 Å². The van der Waals surface area contributed by atoms with Crippen molar-refractivity contribution < 1.29 is 24.2 Å². The summed E-state index contributed by atoms with van der Waals surface area (Å²) in [6.45, 7) is 0.417. The molecular formula is C16H19BrN2O5. The van der Waals surface area contributed by atoms with Crippen LogP contribution in [0.15, 0.2) is 33.9 Å². The van der Waals surface area contributed by atoms with Crippen LogP contribution in [-0.4, -0.2) is 55.8 Å². The summed E-state index contributed by atoms with van der Waals surface area (Å²) >= 11 is 3.39. The normalized spacial score (nSPS) is 14.3. The first-order chi connectivity index (χ1) is 11.5. The average molecular weight is 399 g/mol. The molecule has 1 heterocycles. The van der Waals surface area contributed by atoms with Crippen LogP contribution in [0.5, 0.6) is 0 Å². The first-order valence-electron chi connectivity index (χ1n) is 7.27. The van der Waals surface area contributed by atoms with E-state index in [0.29, 0.717) is 12.3 Å². The van der Waals surface area contributed by atoms with Gasteiger partial charge in [0.15, 0.2) is 0 Å². The van der Waals surface area contributed by atoms with Crippen LogP contribution in [0.2, 0.25) is 0 Å². The molecule has 0 bridgehead atoms. The lowest BCUT2D eigenvalue weighted by molar-refractivity contribution is -0.136. The van der Waals surface area contributed by atoms with Crippen molar-refractivity contribution in [3.8, 4) is 0 Å². The summed E-state index contributed by atoms with van der Waals surface area (Å²) in [4.78, 5) is 25.9. The minimum atomic E-state index is -0.574. The van der Waals surface area contributed by atoms with E-state index in [2.05, 4.69) is 21.2 Å². The molecule has 0 unspecified atom stereocenters. The number of benzene rings is 1.